The number of unbranched alkanes of at least 4 members (excludes halogenated alkanes) is 2. The smallest absolute Gasteiger partial charge is 0.311 e. The van der Waals surface area contributed by atoms with Crippen molar-refractivity contribution < 1.29 is 14.3 Å². The van der Waals surface area contributed by atoms with Crippen molar-refractivity contribution in [2.45, 2.75) is 72.6 Å². The molecule has 3 heteroatoms. The molecular weight excluding hydrogens is 252 g/mol. The van der Waals surface area contributed by atoms with Gasteiger partial charge in [-0.1, -0.05) is 52.9 Å². The molecule has 0 aromatic carbocycles. The standard InChI is InChI=1S/C17H34O3/c1-5-9-11-15(7-3)13-16(14-19-8-4)17(18)20-12-10-6-2/h15-16H,5-14H2,1-4H3. The molecule has 2 unspecified atom stereocenters. The number of rotatable bonds is 13. The number of carbonyl (C=O) groups excluding carboxylic acids is 1. The van der Waals surface area contributed by atoms with E-state index >= 15 is 0 Å². The summed E-state index contributed by atoms with van der Waals surface area (Å²) in [5.41, 5.74) is 0. The summed E-state index contributed by atoms with van der Waals surface area (Å²) in [6.45, 7) is 10.2. The van der Waals surface area contributed by atoms with Gasteiger partial charge in [0.25, 0.3) is 0 Å². The molecule has 0 aliphatic rings. The van der Waals surface area contributed by atoms with Crippen molar-refractivity contribution in [3.8, 4) is 0 Å². The van der Waals surface area contributed by atoms with Crippen LogP contribution in [-0.4, -0.2) is 25.8 Å². The van der Waals surface area contributed by atoms with E-state index in [0.29, 0.717) is 25.7 Å². The maximum Gasteiger partial charge on any atom is 0.311 e. The highest BCUT2D eigenvalue weighted by Crippen LogP contribution is 2.23. The monoisotopic (exact) mass is 286 g/mol. The molecule has 0 bridgehead atoms. The lowest BCUT2D eigenvalue weighted by Gasteiger charge is -2.21. The highest BCUT2D eigenvalue weighted by atomic mass is 16.5. The fraction of sp³-hybridized carbons (Fsp3) is 0.941. The van der Waals surface area contributed by atoms with Gasteiger partial charge in [0.15, 0.2) is 0 Å². The minimum absolute atomic E-state index is 0.0677. The van der Waals surface area contributed by atoms with Crippen LogP contribution in [0.1, 0.15) is 72.6 Å². The van der Waals surface area contributed by atoms with Gasteiger partial charge < -0.3 is 9.47 Å². The van der Waals surface area contributed by atoms with Gasteiger partial charge in [-0.3, -0.25) is 4.79 Å². The predicted octanol–water partition coefficient (Wildman–Crippen LogP) is 4.59. The van der Waals surface area contributed by atoms with Gasteiger partial charge in [-0.2, -0.15) is 0 Å². The number of hydrogen-bond acceptors (Lipinski definition) is 3. The molecule has 3 nitrogen and oxygen atoms in total. The van der Waals surface area contributed by atoms with Crippen LogP contribution in [0.5, 0.6) is 0 Å². The highest BCUT2D eigenvalue weighted by molar-refractivity contribution is 5.72. The molecule has 0 N–H and O–H groups in total. The van der Waals surface area contributed by atoms with Gasteiger partial charge >= 0.3 is 5.97 Å². The number of ether oxygens (including phenoxy) is 2. The lowest BCUT2D eigenvalue weighted by atomic mass is 9.89. The Morgan fingerprint density at radius 1 is 1.05 bits per heavy atom. The molecule has 0 saturated carbocycles. The van der Waals surface area contributed by atoms with Crippen LogP contribution < -0.4 is 0 Å². The van der Waals surface area contributed by atoms with Crippen molar-refractivity contribution in [1.82, 2.24) is 0 Å². The molecule has 0 saturated heterocycles. The molecule has 0 aromatic heterocycles. The van der Waals surface area contributed by atoms with Gasteiger partial charge in [-0.25, -0.2) is 0 Å². The summed E-state index contributed by atoms with van der Waals surface area (Å²) in [6.07, 6.45) is 7.69. The Bertz CT molecular complexity index is 228. The van der Waals surface area contributed by atoms with E-state index in [9.17, 15) is 4.79 Å². The van der Waals surface area contributed by atoms with Crippen molar-refractivity contribution in [2.24, 2.45) is 11.8 Å². The van der Waals surface area contributed by atoms with E-state index < -0.39 is 0 Å². The maximum atomic E-state index is 12.1. The van der Waals surface area contributed by atoms with Crippen LogP contribution in [0.15, 0.2) is 0 Å². The van der Waals surface area contributed by atoms with Crippen LogP contribution in [0.4, 0.5) is 0 Å². The molecule has 0 aliphatic carbocycles. The quantitative estimate of drug-likeness (QED) is 0.367. The Labute approximate surface area is 125 Å². The van der Waals surface area contributed by atoms with Gasteiger partial charge in [-0.15, -0.1) is 0 Å². The number of carbonyl (C=O) groups is 1. The van der Waals surface area contributed by atoms with Gasteiger partial charge in [0.2, 0.25) is 0 Å². The van der Waals surface area contributed by atoms with Crippen molar-refractivity contribution in [3.05, 3.63) is 0 Å². The van der Waals surface area contributed by atoms with Gasteiger partial charge in [0.1, 0.15) is 0 Å². The summed E-state index contributed by atoms with van der Waals surface area (Å²) in [5, 5.41) is 0. The first-order valence-corrected chi connectivity index (χ1v) is 8.43. The topological polar surface area (TPSA) is 35.5 Å². The Morgan fingerprint density at radius 2 is 1.75 bits per heavy atom. The zero-order valence-corrected chi connectivity index (χ0v) is 14.0. The van der Waals surface area contributed by atoms with Crippen molar-refractivity contribution in [1.29, 1.82) is 0 Å². The fourth-order valence-electron chi connectivity index (χ4n) is 2.31. The third-order valence-electron chi connectivity index (χ3n) is 3.76. The van der Waals surface area contributed by atoms with Gasteiger partial charge in [0.05, 0.1) is 19.1 Å². The fourth-order valence-corrected chi connectivity index (χ4v) is 2.31. The molecule has 2 atom stereocenters. The Balaban J connectivity index is 4.32. The van der Waals surface area contributed by atoms with Crippen LogP contribution in [0.25, 0.3) is 0 Å². The molecule has 0 heterocycles. The summed E-state index contributed by atoms with van der Waals surface area (Å²) in [6, 6.07) is 0. The Morgan fingerprint density at radius 3 is 2.30 bits per heavy atom. The van der Waals surface area contributed by atoms with E-state index in [1.54, 1.807) is 0 Å². The van der Waals surface area contributed by atoms with E-state index in [1.165, 1.54) is 19.3 Å². The highest BCUT2D eigenvalue weighted by Gasteiger charge is 2.23. The Hall–Kier alpha value is -0.570. The molecule has 0 spiro atoms. The van der Waals surface area contributed by atoms with E-state index in [1.807, 2.05) is 6.92 Å². The molecule has 0 aromatic rings. The third kappa shape index (κ3) is 9.35. The summed E-state index contributed by atoms with van der Waals surface area (Å²) in [7, 11) is 0. The third-order valence-corrected chi connectivity index (χ3v) is 3.76. The predicted molar refractivity (Wildman–Crippen MR) is 83.8 cm³/mol. The molecule has 0 rings (SSSR count). The first kappa shape index (κ1) is 19.4. The lowest BCUT2D eigenvalue weighted by Crippen LogP contribution is -2.26. The van der Waals surface area contributed by atoms with Crippen LogP contribution in [0, 0.1) is 11.8 Å². The van der Waals surface area contributed by atoms with E-state index in [0.717, 1.165) is 25.7 Å². The van der Waals surface area contributed by atoms with Crippen LogP contribution >= 0.6 is 0 Å². The summed E-state index contributed by atoms with van der Waals surface area (Å²) >= 11 is 0. The van der Waals surface area contributed by atoms with Gasteiger partial charge in [-0.05, 0) is 25.7 Å². The molecule has 120 valence electrons. The second kappa shape index (κ2) is 13.4. The molecule has 0 aliphatic heterocycles. The average molecular weight is 286 g/mol. The van der Waals surface area contributed by atoms with Crippen molar-refractivity contribution in [3.63, 3.8) is 0 Å². The molecule has 0 radical (unpaired) electrons. The first-order valence-electron chi connectivity index (χ1n) is 8.43. The Kier molecular flexibility index (Phi) is 13.0. The van der Waals surface area contributed by atoms with Gasteiger partial charge in [0, 0.05) is 6.61 Å². The zero-order valence-electron chi connectivity index (χ0n) is 14.0. The number of hydrogen-bond donors (Lipinski definition) is 0. The number of esters is 1. The van der Waals surface area contributed by atoms with E-state index in [2.05, 4.69) is 20.8 Å². The van der Waals surface area contributed by atoms with Crippen molar-refractivity contribution in [2.75, 3.05) is 19.8 Å². The zero-order chi connectivity index (χ0) is 15.2. The van der Waals surface area contributed by atoms with E-state index in [4.69, 9.17) is 9.47 Å². The first-order chi connectivity index (χ1) is 9.69. The summed E-state index contributed by atoms with van der Waals surface area (Å²) in [4.78, 5) is 12.1. The molecule has 20 heavy (non-hydrogen) atoms. The molecule has 0 fully saturated rings. The SMILES string of the molecule is CCCCOC(=O)C(COCC)CC(CC)CCCC. The normalized spacial score (nSPS) is 14.0. The second-order valence-electron chi connectivity index (χ2n) is 5.53. The van der Waals surface area contributed by atoms with Crippen molar-refractivity contribution >= 4 is 5.97 Å². The maximum absolute atomic E-state index is 12.1. The van der Waals surface area contributed by atoms with Crippen LogP contribution in [0.2, 0.25) is 0 Å². The summed E-state index contributed by atoms with van der Waals surface area (Å²) in [5.74, 6) is 0.453. The lowest BCUT2D eigenvalue weighted by molar-refractivity contribution is -0.151. The summed E-state index contributed by atoms with van der Waals surface area (Å²) < 4.78 is 10.8. The molecular formula is C17H34O3. The average Bonchev–Trinajstić information content (AvgIpc) is 2.46. The minimum atomic E-state index is -0.0892. The van der Waals surface area contributed by atoms with Crippen LogP contribution in [0.3, 0.4) is 0 Å². The second-order valence-corrected chi connectivity index (χ2v) is 5.53. The largest absolute Gasteiger partial charge is 0.465 e. The van der Waals surface area contributed by atoms with Crippen LogP contribution in [-0.2, 0) is 14.3 Å². The van der Waals surface area contributed by atoms with E-state index in [-0.39, 0.29) is 11.9 Å². The minimum Gasteiger partial charge on any atom is -0.465 e. The molecule has 0 amide bonds.